The van der Waals surface area contributed by atoms with Gasteiger partial charge in [0.25, 0.3) is 0 Å². The predicted octanol–water partition coefficient (Wildman–Crippen LogP) is 3.31. The minimum atomic E-state index is 0.875. The first kappa shape index (κ1) is 11.9. The maximum atomic E-state index is 5.27. The van der Waals surface area contributed by atoms with E-state index < -0.39 is 0 Å². The van der Waals surface area contributed by atoms with E-state index in [0.717, 1.165) is 17.0 Å². The van der Waals surface area contributed by atoms with Crippen molar-refractivity contribution in [2.75, 3.05) is 6.54 Å². The Morgan fingerprint density at radius 1 is 1.33 bits per heavy atom. The van der Waals surface area contributed by atoms with Gasteiger partial charge in [-0.25, -0.2) is 0 Å². The van der Waals surface area contributed by atoms with E-state index in [2.05, 4.69) is 12.2 Å². The number of hydrogen-bond donors (Lipinski definition) is 1. The Labute approximate surface area is 97.2 Å². The molecule has 1 N–H and O–H groups in total. The van der Waals surface area contributed by atoms with Crippen LogP contribution in [0.1, 0.15) is 25.3 Å². The molecule has 1 nitrogen and oxygen atoms in total. The molecule has 1 aromatic rings. The lowest BCUT2D eigenvalue weighted by Crippen LogP contribution is -2.07. The number of benzene rings is 1. The molecule has 1 aromatic carbocycles. The fourth-order valence-electron chi connectivity index (χ4n) is 1.20. The van der Waals surface area contributed by atoms with Gasteiger partial charge in [0, 0.05) is 11.4 Å². The van der Waals surface area contributed by atoms with E-state index in [1.807, 2.05) is 42.6 Å². The minimum Gasteiger partial charge on any atom is -0.391 e. The van der Waals surface area contributed by atoms with Gasteiger partial charge in [-0.2, -0.15) is 0 Å². The zero-order valence-electron chi connectivity index (χ0n) is 9.07. The molecule has 0 aliphatic rings. The number of unbranched alkanes of at least 4 members (excludes halogenated alkanes) is 1. The highest BCUT2D eigenvalue weighted by Crippen LogP contribution is 2.01. The second-order valence-corrected chi connectivity index (χ2v) is 3.81. The molecular formula is C13H17NS. The van der Waals surface area contributed by atoms with E-state index in [1.165, 1.54) is 12.8 Å². The van der Waals surface area contributed by atoms with Gasteiger partial charge in [0.2, 0.25) is 0 Å². The van der Waals surface area contributed by atoms with Gasteiger partial charge < -0.3 is 5.32 Å². The van der Waals surface area contributed by atoms with Crippen molar-refractivity contribution in [2.24, 2.45) is 0 Å². The molecule has 0 fully saturated rings. The quantitative estimate of drug-likeness (QED) is 0.341. The Morgan fingerprint density at radius 3 is 2.73 bits per heavy atom. The summed E-state index contributed by atoms with van der Waals surface area (Å²) in [6.07, 6.45) is 6.29. The molecule has 0 unspecified atom stereocenters. The number of allylic oxidation sites excluding steroid dienone is 1. The topological polar surface area (TPSA) is 12.0 Å². The van der Waals surface area contributed by atoms with Gasteiger partial charge in [-0.05, 0) is 24.3 Å². The summed E-state index contributed by atoms with van der Waals surface area (Å²) in [7, 11) is 0. The second kappa shape index (κ2) is 7.18. The summed E-state index contributed by atoms with van der Waals surface area (Å²) in [5.41, 5.74) is 1.10. The van der Waals surface area contributed by atoms with Crippen molar-refractivity contribution in [1.29, 1.82) is 0 Å². The molecular weight excluding hydrogens is 202 g/mol. The first-order valence-corrected chi connectivity index (χ1v) is 5.74. The molecule has 0 saturated heterocycles. The lowest BCUT2D eigenvalue weighted by atomic mass is 10.1. The SMILES string of the molecule is CCCCNC=CC(=S)c1ccccc1. The van der Waals surface area contributed by atoms with Gasteiger partial charge in [-0.1, -0.05) is 55.9 Å². The van der Waals surface area contributed by atoms with Gasteiger partial charge >= 0.3 is 0 Å². The molecule has 0 atom stereocenters. The van der Waals surface area contributed by atoms with Crippen LogP contribution in [0.15, 0.2) is 42.6 Å². The molecule has 0 bridgehead atoms. The van der Waals surface area contributed by atoms with Crippen LogP contribution in [0, 0.1) is 0 Å². The lowest BCUT2D eigenvalue weighted by Gasteiger charge is -1.99. The summed E-state index contributed by atoms with van der Waals surface area (Å²) in [6, 6.07) is 10.0. The lowest BCUT2D eigenvalue weighted by molar-refractivity contribution is 0.735. The number of hydrogen-bond acceptors (Lipinski definition) is 2. The van der Waals surface area contributed by atoms with Crippen LogP contribution < -0.4 is 5.32 Å². The van der Waals surface area contributed by atoms with Crippen LogP contribution in [0.3, 0.4) is 0 Å². The van der Waals surface area contributed by atoms with Gasteiger partial charge in [0.05, 0.1) is 0 Å². The van der Waals surface area contributed by atoms with Crippen molar-refractivity contribution >= 4 is 17.1 Å². The summed E-state index contributed by atoms with van der Waals surface area (Å²) in [5, 5.41) is 3.22. The van der Waals surface area contributed by atoms with Crippen LogP contribution >= 0.6 is 12.2 Å². The van der Waals surface area contributed by atoms with Crippen LogP contribution in [-0.2, 0) is 0 Å². The predicted molar refractivity (Wildman–Crippen MR) is 70.2 cm³/mol. The van der Waals surface area contributed by atoms with Crippen molar-refractivity contribution in [1.82, 2.24) is 5.32 Å². The summed E-state index contributed by atoms with van der Waals surface area (Å²) < 4.78 is 0. The first-order valence-electron chi connectivity index (χ1n) is 5.34. The van der Waals surface area contributed by atoms with Crippen molar-refractivity contribution in [2.45, 2.75) is 19.8 Å². The largest absolute Gasteiger partial charge is 0.391 e. The highest BCUT2D eigenvalue weighted by atomic mass is 32.1. The molecule has 0 saturated carbocycles. The third-order valence-corrected chi connectivity index (χ3v) is 2.46. The Balaban J connectivity index is 2.36. The summed E-state index contributed by atoms with van der Waals surface area (Å²) in [5.74, 6) is 0. The zero-order valence-corrected chi connectivity index (χ0v) is 9.89. The van der Waals surface area contributed by atoms with Crippen LogP contribution in [0.25, 0.3) is 0 Å². The van der Waals surface area contributed by atoms with E-state index in [4.69, 9.17) is 12.2 Å². The van der Waals surface area contributed by atoms with E-state index in [1.54, 1.807) is 0 Å². The third-order valence-electron chi connectivity index (χ3n) is 2.09. The van der Waals surface area contributed by atoms with Crippen LogP contribution in [0.4, 0.5) is 0 Å². The van der Waals surface area contributed by atoms with E-state index in [0.29, 0.717) is 0 Å². The fourth-order valence-corrected chi connectivity index (χ4v) is 1.40. The molecule has 0 amide bonds. The third kappa shape index (κ3) is 4.75. The minimum absolute atomic E-state index is 0.875. The maximum Gasteiger partial charge on any atom is 0.0463 e. The van der Waals surface area contributed by atoms with Gasteiger partial charge in [0.15, 0.2) is 0 Å². The van der Waals surface area contributed by atoms with Crippen LogP contribution in [-0.4, -0.2) is 11.4 Å². The van der Waals surface area contributed by atoms with E-state index >= 15 is 0 Å². The normalized spacial score (nSPS) is 10.5. The standard InChI is InChI=1S/C13H17NS/c1-2-3-10-14-11-9-13(15)12-7-5-4-6-8-12/h4-9,11,14H,2-3,10H2,1H3. The summed E-state index contributed by atoms with van der Waals surface area (Å²) in [6.45, 7) is 3.20. The average molecular weight is 219 g/mol. The van der Waals surface area contributed by atoms with Crippen molar-refractivity contribution in [3.8, 4) is 0 Å². The molecule has 0 aromatic heterocycles. The summed E-state index contributed by atoms with van der Waals surface area (Å²) in [4.78, 5) is 0.875. The molecule has 0 aliphatic carbocycles. The van der Waals surface area contributed by atoms with Crippen molar-refractivity contribution in [3.05, 3.63) is 48.2 Å². The Bertz CT molecular complexity index is 317. The molecule has 1 rings (SSSR count). The molecule has 0 spiro atoms. The van der Waals surface area contributed by atoms with E-state index in [-0.39, 0.29) is 0 Å². The maximum absolute atomic E-state index is 5.27. The highest BCUT2D eigenvalue weighted by Gasteiger charge is 1.93. The first-order chi connectivity index (χ1) is 7.34. The van der Waals surface area contributed by atoms with Crippen molar-refractivity contribution < 1.29 is 0 Å². The zero-order chi connectivity index (χ0) is 10.9. The molecule has 0 heterocycles. The molecule has 2 heteroatoms. The van der Waals surface area contributed by atoms with Crippen LogP contribution in [0.5, 0.6) is 0 Å². The van der Waals surface area contributed by atoms with Gasteiger partial charge in [-0.15, -0.1) is 0 Å². The second-order valence-electron chi connectivity index (χ2n) is 3.37. The van der Waals surface area contributed by atoms with Gasteiger partial charge in [0.1, 0.15) is 0 Å². The highest BCUT2D eigenvalue weighted by molar-refractivity contribution is 7.81. The smallest absolute Gasteiger partial charge is 0.0463 e. The number of thiocarbonyl (C=S) groups is 1. The fraction of sp³-hybridized carbons (Fsp3) is 0.308. The van der Waals surface area contributed by atoms with Crippen molar-refractivity contribution in [3.63, 3.8) is 0 Å². The monoisotopic (exact) mass is 219 g/mol. The average Bonchev–Trinajstić information content (AvgIpc) is 2.30. The van der Waals surface area contributed by atoms with Gasteiger partial charge in [-0.3, -0.25) is 0 Å². The Morgan fingerprint density at radius 2 is 2.07 bits per heavy atom. The van der Waals surface area contributed by atoms with Crippen LogP contribution in [0.2, 0.25) is 0 Å². The van der Waals surface area contributed by atoms with E-state index in [9.17, 15) is 0 Å². The molecule has 0 aliphatic heterocycles. The number of rotatable bonds is 6. The summed E-state index contributed by atoms with van der Waals surface area (Å²) >= 11 is 5.27. The Kier molecular flexibility index (Phi) is 5.71. The Hall–Kier alpha value is -1.15. The molecule has 0 radical (unpaired) electrons. The molecule has 15 heavy (non-hydrogen) atoms. The molecule has 80 valence electrons. The number of nitrogens with one attached hydrogen (secondary N) is 1.